The predicted molar refractivity (Wildman–Crippen MR) is 82.5 cm³/mol. The molecule has 1 saturated carbocycles. The molecule has 1 amide bonds. The Morgan fingerprint density at radius 3 is 2.87 bits per heavy atom. The number of imidazole rings is 1. The zero-order valence-corrected chi connectivity index (χ0v) is 12.4. The van der Waals surface area contributed by atoms with Crippen molar-refractivity contribution < 1.29 is 9.18 Å². The number of carbonyl (C=O) groups is 1. The van der Waals surface area contributed by atoms with E-state index in [4.69, 9.17) is 0 Å². The Balaban J connectivity index is 1.51. The monoisotopic (exact) mass is 310 g/mol. The summed E-state index contributed by atoms with van der Waals surface area (Å²) in [6.45, 7) is 0.127. The van der Waals surface area contributed by atoms with Gasteiger partial charge in [-0.25, -0.2) is 13.9 Å². The van der Waals surface area contributed by atoms with Gasteiger partial charge in [0.25, 0.3) is 5.91 Å². The van der Waals surface area contributed by atoms with E-state index in [0.717, 1.165) is 11.3 Å². The van der Waals surface area contributed by atoms with E-state index in [-0.39, 0.29) is 24.0 Å². The standard InChI is InChI=1S/C17H15FN4O/c18-13-4-2-1-3-12(13)9-19-17(23)14-7-8-16-20-15(11-5-6-11)10-22(16)21-14/h1-4,7-8,10-11H,5-6,9H2,(H,19,23). The molecule has 0 spiro atoms. The van der Waals surface area contributed by atoms with Crippen LogP contribution in [-0.2, 0) is 6.54 Å². The van der Waals surface area contributed by atoms with Crippen molar-refractivity contribution in [3.63, 3.8) is 0 Å². The number of rotatable bonds is 4. The first-order chi connectivity index (χ1) is 11.2. The van der Waals surface area contributed by atoms with Gasteiger partial charge in [0.1, 0.15) is 11.5 Å². The van der Waals surface area contributed by atoms with Crippen LogP contribution in [0.5, 0.6) is 0 Å². The topological polar surface area (TPSA) is 59.3 Å². The molecule has 5 nitrogen and oxygen atoms in total. The molecule has 0 bridgehead atoms. The van der Waals surface area contributed by atoms with Gasteiger partial charge in [-0.05, 0) is 31.0 Å². The number of fused-ring (bicyclic) bond motifs is 1. The van der Waals surface area contributed by atoms with E-state index in [1.54, 1.807) is 34.8 Å². The van der Waals surface area contributed by atoms with Crippen LogP contribution in [0, 0.1) is 5.82 Å². The maximum atomic E-state index is 13.6. The van der Waals surface area contributed by atoms with Crippen LogP contribution < -0.4 is 5.32 Å². The first-order valence-electron chi connectivity index (χ1n) is 7.58. The molecule has 1 aliphatic carbocycles. The number of halogens is 1. The predicted octanol–water partition coefficient (Wildman–Crippen LogP) is 2.68. The van der Waals surface area contributed by atoms with E-state index in [2.05, 4.69) is 15.4 Å². The largest absolute Gasteiger partial charge is 0.346 e. The molecule has 0 radical (unpaired) electrons. The number of nitrogens with zero attached hydrogens (tertiary/aromatic N) is 3. The number of aromatic nitrogens is 3. The second-order valence-electron chi connectivity index (χ2n) is 5.74. The van der Waals surface area contributed by atoms with Gasteiger partial charge < -0.3 is 5.32 Å². The Morgan fingerprint density at radius 1 is 1.26 bits per heavy atom. The van der Waals surface area contributed by atoms with E-state index >= 15 is 0 Å². The molecular formula is C17H15FN4O. The van der Waals surface area contributed by atoms with Crippen molar-refractivity contribution in [3.05, 3.63) is 65.4 Å². The lowest BCUT2D eigenvalue weighted by atomic mass is 10.2. The van der Waals surface area contributed by atoms with Crippen molar-refractivity contribution >= 4 is 11.6 Å². The summed E-state index contributed by atoms with van der Waals surface area (Å²) < 4.78 is 15.2. The summed E-state index contributed by atoms with van der Waals surface area (Å²) in [6, 6.07) is 9.78. The second kappa shape index (κ2) is 5.46. The van der Waals surface area contributed by atoms with Crippen molar-refractivity contribution in [2.24, 2.45) is 0 Å². The first-order valence-corrected chi connectivity index (χ1v) is 7.58. The van der Waals surface area contributed by atoms with Gasteiger partial charge in [0, 0.05) is 18.0 Å². The van der Waals surface area contributed by atoms with Crippen LogP contribution in [0.15, 0.2) is 42.6 Å². The van der Waals surface area contributed by atoms with Gasteiger partial charge in [0.15, 0.2) is 5.65 Å². The molecule has 6 heteroatoms. The van der Waals surface area contributed by atoms with E-state index in [1.807, 2.05) is 6.20 Å². The van der Waals surface area contributed by atoms with Gasteiger partial charge in [-0.1, -0.05) is 18.2 Å². The summed E-state index contributed by atoms with van der Waals surface area (Å²) in [5.74, 6) is -0.133. The zero-order valence-electron chi connectivity index (χ0n) is 12.4. The zero-order chi connectivity index (χ0) is 15.8. The molecule has 2 aromatic heterocycles. The number of nitrogens with one attached hydrogen (secondary N) is 1. The Bertz CT molecular complexity index is 885. The molecule has 116 valence electrons. The van der Waals surface area contributed by atoms with E-state index < -0.39 is 0 Å². The van der Waals surface area contributed by atoms with Gasteiger partial charge in [-0.3, -0.25) is 4.79 Å². The fourth-order valence-electron chi connectivity index (χ4n) is 2.51. The summed E-state index contributed by atoms with van der Waals surface area (Å²) in [5, 5.41) is 6.98. The van der Waals surface area contributed by atoms with Gasteiger partial charge in [-0.2, -0.15) is 5.10 Å². The maximum Gasteiger partial charge on any atom is 0.272 e. The molecule has 4 rings (SSSR count). The quantitative estimate of drug-likeness (QED) is 0.806. The van der Waals surface area contributed by atoms with Crippen LogP contribution in [0.1, 0.15) is 40.5 Å². The average molecular weight is 310 g/mol. The minimum atomic E-state index is -0.336. The smallest absolute Gasteiger partial charge is 0.272 e. The maximum absolute atomic E-state index is 13.6. The molecule has 0 aliphatic heterocycles. The molecular weight excluding hydrogens is 295 g/mol. The number of carbonyl (C=O) groups excluding carboxylic acids is 1. The molecule has 2 heterocycles. The molecule has 1 aromatic carbocycles. The lowest BCUT2D eigenvalue weighted by molar-refractivity contribution is 0.0944. The molecule has 3 aromatic rings. The second-order valence-corrected chi connectivity index (χ2v) is 5.74. The third kappa shape index (κ3) is 2.79. The highest BCUT2D eigenvalue weighted by atomic mass is 19.1. The van der Waals surface area contributed by atoms with Gasteiger partial charge in [0.2, 0.25) is 0 Å². The lowest BCUT2D eigenvalue weighted by Crippen LogP contribution is -2.24. The summed E-state index contributed by atoms with van der Waals surface area (Å²) >= 11 is 0. The normalized spacial score (nSPS) is 14.1. The van der Waals surface area contributed by atoms with Crippen molar-refractivity contribution in [3.8, 4) is 0 Å². The van der Waals surface area contributed by atoms with Crippen molar-refractivity contribution in [1.82, 2.24) is 19.9 Å². The Morgan fingerprint density at radius 2 is 2.09 bits per heavy atom. The SMILES string of the molecule is O=C(NCc1ccccc1F)c1ccc2nc(C3CC3)cn2n1. The molecule has 1 N–H and O–H groups in total. The van der Waals surface area contributed by atoms with Crippen LogP contribution in [0.2, 0.25) is 0 Å². The van der Waals surface area contributed by atoms with Crippen molar-refractivity contribution in [1.29, 1.82) is 0 Å². The highest BCUT2D eigenvalue weighted by Gasteiger charge is 2.26. The number of benzene rings is 1. The molecule has 1 fully saturated rings. The molecule has 0 saturated heterocycles. The van der Waals surface area contributed by atoms with E-state index in [1.165, 1.54) is 18.9 Å². The van der Waals surface area contributed by atoms with E-state index in [9.17, 15) is 9.18 Å². The number of amides is 1. The highest BCUT2D eigenvalue weighted by Crippen LogP contribution is 2.39. The minimum absolute atomic E-state index is 0.127. The van der Waals surface area contributed by atoms with Gasteiger partial charge in [-0.15, -0.1) is 0 Å². The van der Waals surface area contributed by atoms with Gasteiger partial charge >= 0.3 is 0 Å². The molecule has 0 atom stereocenters. The number of hydrogen-bond donors (Lipinski definition) is 1. The Hall–Kier alpha value is -2.76. The van der Waals surface area contributed by atoms with Gasteiger partial charge in [0.05, 0.1) is 11.9 Å². The van der Waals surface area contributed by atoms with Crippen molar-refractivity contribution in [2.45, 2.75) is 25.3 Å². The van der Waals surface area contributed by atoms with Crippen molar-refractivity contribution in [2.75, 3.05) is 0 Å². The third-order valence-corrected chi connectivity index (χ3v) is 3.96. The lowest BCUT2D eigenvalue weighted by Gasteiger charge is -2.06. The van der Waals surface area contributed by atoms with Crippen LogP contribution in [0.25, 0.3) is 5.65 Å². The van der Waals surface area contributed by atoms with Crippen LogP contribution in [0.3, 0.4) is 0 Å². The van der Waals surface area contributed by atoms with E-state index in [0.29, 0.717) is 11.5 Å². The Labute approximate surface area is 132 Å². The average Bonchev–Trinajstić information content (AvgIpc) is 3.32. The minimum Gasteiger partial charge on any atom is -0.346 e. The summed E-state index contributed by atoms with van der Waals surface area (Å²) in [6.07, 6.45) is 4.21. The van der Waals surface area contributed by atoms with Crippen LogP contribution in [-0.4, -0.2) is 20.5 Å². The molecule has 0 unspecified atom stereocenters. The van der Waals surface area contributed by atoms with Crippen LogP contribution >= 0.6 is 0 Å². The summed E-state index contributed by atoms with van der Waals surface area (Å²) in [7, 11) is 0. The first kappa shape index (κ1) is 13.9. The fourth-order valence-corrected chi connectivity index (χ4v) is 2.51. The summed E-state index contributed by atoms with van der Waals surface area (Å²) in [5.41, 5.74) is 2.49. The fraction of sp³-hybridized carbons (Fsp3) is 0.235. The Kier molecular flexibility index (Phi) is 3.29. The van der Waals surface area contributed by atoms with Crippen LogP contribution in [0.4, 0.5) is 4.39 Å². The molecule has 23 heavy (non-hydrogen) atoms. The highest BCUT2D eigenvalue weighted by molar-refractivity contribution is 5.92. The number of hydrogen-bond acceptors (Lipinski definition) is 3. The molecule has 1 aliphatic rings. The summed E-state index contributed by atoms with van der Waals surface area (Å²) in [4.78, 5) is 16.7. The third-order valence-electron chi connectivity index (χ3n) is 3.96.